The van der Waals surface area contributed by atoms with Crippen LogP contribution in [0.3, 0.4) is 0 Å². The van der Waals surface area contributed by atoms with Crippen molar-refractivity contribution in [2.45, 2.75) is 78.1 Å². The zero-order valence-corrected chi connectivity index (χ0v) is 13.9. The van der Waals surface area contributed by atoms with Crippen LogP contribution in [0.25, 0.3) is 0 Å². The minimum absolute atomic E-state index is 0.320. The van der Waals surface area contributed by atoms with E-state index in [4.69, 9.17) is 0 Å². The number of carboxylic acids is 2. The van der Waals surface area contributed by atoms with Gasteiger partial charge in [-0.3, -0.25) is 9.59 Å². The van der Waals surface area contributed by atoms with Crippen LogP contribution in [-0.2, 0) is 9.59 Å². The van der Waals surface area contributed by atoms with Crippen LogP contribution < -0.4 is 0 Å². The van der Waals surface area contributed by atoms with Gasteiger partial charge < -0.3 is 10.2 Å². The molecule has 0 fully saturated rings. The fourth-order valence-electron chi connectivity index (χ4n) is 3.83. The van der Waals surface area contributed by atoms with Crippen molar-refractivity contribution in [3.8, 4) is 0 Å². The summed E-state index contributed by atoms with van der Waals surface area (Å²) in [6, 6.07) is 0. The predicted octanol–water partition coefficient (Wildman–Crippen LogP) is 4.64. The van der Waals surface area contributed by atoms with Crippen molar-refractivity contribution in [1.29, 1.82) is 0 Å². The Bertz CT molecular complexity index is 415. The highest BCUT2D eigenvalue weighted by Crippen LogP contribution is 2.54. The maximum atomic E-state index is 12.0. The normalized spacial score (nSPS) is 27.7. The number of carboxylic acid groups (broad SMARTS) is 2. The van der Waals surface area contributed by atoms with Crippen LogP contribution in [0.4, 0.5) is 0 Å². The summed E-state index contributed by atoms with van der Waals surface area (Å²) < 4.78 is 0. The van der Waals surface area contributed by atoms with Gasteiger partial charge >= 0.3 is 11.9 Å². The molecule has 0 aromatic heterocycles. The van der Waals surface area contributed by atoms with E-state index in [1.165, 1.54) is 19.3 Å². The Kier molecular flexibility index (Phi) is 7.11. The zero-order valence-electron chi connectivity index (χ0n) is 13.9. The topological polar surface area (TPSA) is 74.6 Å². The summed E-state index contributed by atoms with van der Waals surface area (Å²) in [6.07, 6.45) is 11.6. The van der Waals surface area contributed by atoms with Gasteiger partial charge in [0.2, 0.25) is 0 Å². The molecule has 1 aliphatic carbocycles. The molecule has 0 aromatic rings. The molecule has 1 rings (SSSR count). The van der Waals surface area contributed by atoms with Crippen LogP contribution in [-0.4, -0.2) is 22.2 Å². The van der Waals surface area contributed by atoms with Crippen molar-refractivity contribution in [2.24, 2.45) is 10.8 Å². The number of hydrogen-bond donors (Lipinski definition) is 2. The van der Waals surface area contributed by atoms with E-state index in [0.29, 0.717) is 25.7 Å². The second-order valence-electron chi connectivity index (χ2n) is 6.53. The molecular weight excluding hydrogens is 280 g/mol. The van der Waals surface area contributed by atoms with Crippen molar-refractivity contribution in [3.63, 3.8) is 0 Å². The molecular formula is C18H30O4. The highest BCUT2D eigenvalue weighted by molar-refractivity contribution is 5.87. The van der Waals surface area contributed by atoms with Gasteiger partial charge in [-0.2, -0.15) is 0 Å². The molecule has 0 spiro atoms. The van der Waals surface area contributed by atoms with Crippen molar-refractivity contribution in [2.75, 3.05) is 0 Å². The lowest BCUT2D eigenvalue weighted by Gasteiger charge is -2.46. The van der Waals surface area contributed by atoms with Crippen LogP contribution in [0.1, 0.15) is 78.1 Å². The molecule has 0 bridgehead atoms. The highest BCUT2D eigenvalue weighted by atomic mass is 16.4. The Morgan fingerprint density at radius 3 is 1.86 bits per heavy atom. The van der Waals surface area contributed by atoms with E-state index in [1.807, 2.05) is 12.2 Å². The average Bonchev–Trinajstić information content (AvgIpc) is 2.50. The minimum atomic E-state index is -1.17. The van der Waals surface area contributed by atoms with E-state index in [2.05, 4.69) is 6.92 Å². The molecule has 0 aliphatic heterocycles. The quantitative estimate of drug-likeness (QED) is 0.455. The molecule has 0 aromatic carbocycles. The second kappa shape index (κ2) is 8.35. The van der Waals surface area contributed by atoms with Gasteiger partial charge in [0.1, 0.15) is 0 Å². The van der Waals surface area contributed by atoms with Crippen molar-refractivity contribution in [3.05, 3.63) is 12.2 Å². The van der Waals surface area contributed by atoms with Crippen LogP contribution in [0.5, 0.6) is 0 Å². The van der Waals surface area contributed by atoms with E-state index < -0.39 is 22.8 Å². The Morgan fingerprint density at radius 1 is 0.864 bits per heavy atom. The summed E-state index contributed by atoms with van der Waals surface area (Å²) in [6.45, 7) is 3.96. The van der Waals surface area contributed by atoms with Crippen LogP contribution >= 0.6 is 0 Å². The predicted molar refractivity (Wildman–Crippen MR) is 86.8 cm³/mol. The van der Waals surface area contributed by atoms with Gasteiger partial charge in [-0.25, -0.2) is 0 Å². The third-order valence-electron chi connectivity index (χ3n) is 5.39. The van der Waals surface area contributed by atoms with Crippen LogP contribution in [0.2, 0.25) is 0 Å². The van der Waals surface area contributed by atoms with Gasteiger partial charge in [0.15, 0.2) is 0 Å². The smallest absolute Gasteiger partial charge is 0.311 e. The van der Waals surface area contributed by atoms with Crippen LogP contribution in [0, 0.1) is 10.8 Å². The number of allylic oxidation sites excluding steroid dienone is 2. The number of unbranched alkanes of at least 4 members (excludes halogenated alkanes) is 5. The maximum absolute atomic E-state index is 12.0. The van der Waals surface area contributed by atoms with Gasteiger partial charge in [-0.15, -0.1) is 0 Å². The molecule has 0 saturated carbocycles. The third kappa shape index (κ3) is 3.53. The van der Waals surface area contributed by atoms with Crippen LogP contribution in [0.15, 0.2) is 12.2 Å². The molecule has 0 heterocycles. The van der Waals surface area contributed by atoms with Gasteiger partial charge in [0.25, 0.3) is 0 Å². The Labute approximate surface area is 133 Å². The van der Waals surface area contributed by atoms with E-state index in [0.717, 1.165) is 19.3 Å². The van der Waals surface area contributed by atoms with E-state index in [-0.39, 0.29) is 0 Å². The van der Waals surface area contributed by atoms with E-state index in [1.54, 1.807) is 6.92 Å². The lowest BCUT2D eigenvalue weighted by atomic mass is 9.54. The summed E-state index contributed by atoms with van der Waals surface area (Å²) in [7, 11) is 0. The SMILES string of the molecule is CCCCCCCCC1(C(=O)O)CC=CCC1(CC)C(=O)O. The second-order valence-corrected chi connectivity index (χ2v) is 6.53. The van der Waals surface area contributed by atoms with Gasteiger partial charge in [-0.05, 0) is 25.7 Å². The molecule has 2 N–H and O–H groups in total. The van der Waals surface area contributed by atoms with Gasteiger partial charge in [0.05, 0.1) is 10.8 Å². The fourth-order valence-corrected chi connectivity index (χ4v) is 3.83. The fraction of sp³-hybridized carbons (Fsp3) is 0.778. The van der Waals surface area contributed by atoms with Gasteiger partial charge in [-0.1, -0.05) is 64.5 Å². The lowest BCUT2D eigenvalue weighted by Crippen LogP contribution is -2.53. The molecule has 22 heavy (non-hydrogen) atoms. The summed E-state index contributed by atoms with van der Waals surface area (Å²) in [5.74, 6) is -1.91. The van der Waals surface area contributed by atoms with E-state index >= 15 is 0 Å². The largest absolute Gasteiger partial charge is 0.481 e. The number of hydrogen-bond acceptors (Lipinski definition) is 2. The summed E-state index contributed by atoms with van der Waals surface area (Å²) >= 11 is 0. The molecule has 4 heteroatoms. The molecule has 1 aliphatic rings. The first kappa shape index (κ1) is 18.7. The standard InChI is InChI=1S/C18H30O4/c1-3-5-6-7-8-9-13-18(16(21)22)14-11-10-12-17(18,4-2)15(19)20/h10-11H,3-9,12-14H2,1-2H3,(H,19,20)(H,21,22). The Morgan fingerprint density at radius 2 is 1.36 bits per heavy atom. The lowest BCUT2D eigenvalue weighted by molar-refractivity contribution is -0.176. The zero-order chi connectivity index (χ0) is 16.6. The number of carbonyl (C=O) groups is 2. The maximum Gasteiger partial charge on any atom is 0.311 e. The molecule has 2 unspecified atom stereocenters. The molecule has 126 valence electrons. The number of rotatable bonds is 10. The summed E-state index contributed by atoms with van der Waals surface area (Å²) in [5, 5.41) is 19.6. The summed E-state index contributed by atoms with van der Waals surface area (Å²) in [4.78, 5) is 23.9. The van der Waals surface area contributed by atoms with Crippen molar-refractivity contribution in [1.82, 2.24) is 0 Å². The molecule has 2 atom stereocenters. The molecule has 0 amide bonds. The highest BCUT2D eigenvalue weighted by Gasteiger charge is 2.59. The Hall–Kier alpha value is -1.32. The average molecular weight is 310 g/mol. The molecule has 4 nitrogen and oxygen atoms in total. The molecule has 0 saturated heterocycles. The first-order valence-electron chi connectivity index (χ1n) is 8.58. The summed E-state index contributed by atoms with van der Waals surface area (Å²) in [5.41, 5.74) is -2.33. The van der Waals surface area contributed by atoms with Gasteiger partial charge in [0, 0.05) is 0 Å². The third-order valence-corrected chi connectivity index (χ3v) is 5.39. The number of aliphatic carboxylic acids is 2. The first-order chi connectivity index (χ1) is 10.5. The molecule has 0 radical (unpaired) electrons. The van der Waals surface area contributed by atoms with Crippen molar-refractivity contribution >= 4 is 11.9 Å². The van der Waals surface area contributed by atoms with Crippen molar-refractivity contribution < 1.29 is 19.8 Å². The minimum Gasteiger partial charge on any atom is -0.481 e. The van der Waals surface area contributed by atoms with E-state index in [9.17, 15) is 19.8 Å². The monoisotopic (exact) mass is 310 g/mol. The Balaban J connectivity index is 2.86. The first-order valence-corrected chi connectivity index (χ1v) is 8.58.